The molecule has 1 aliphatic rings. The molecule has 1 aliphatic heterocycles. The van der Waals surface area contributed by atoms with Crippen molar-refractivity contribution in [3.63, 3.8) is 0 Å². The third kappa shape index (κ3) is 3.90. The standard InChI is InChI=1S/C14H23N5O/c1-14(2,3)17-13-15-6-5-11(16-13)12(20)19-9-7-18(4)8-10-19/h5-6H,7-10H2,1-4H3,(H,15,16,17). The van der Waals surface area contributed by atoms with Crippen LogP contribution in [0.25, 0.3) is 0 Å². The summed E-state index contributed by atoms with van der Waals surface area (Å²) in [6, 6.07) is 1.68. The van der Waals surface area contributed by atoms with Crippen molar-refractivity contribution in [2.45, 2.75) is 26.3 Å². The van der Waals surface area contributed by atoms with Crippen molar-refractivity contribution < 1.29 is 4.79 Å². The molecule has 0 atom stereocenters. The van der Waals surface area contributed by atoms with Gasteiger partial charge in [0.1, 0.15) is 5.69 Å². The second-order valence-electron chi connectivity index (χ2n) is 6.24. The summed E-state index contributed by atoms with van der Waals surface area (Å²) in [5.74, 6) is 0.481. The normalized spacial score (nSPS) is 17.1. The number of carbonyl (C=O) groups is 1. The summed E-state index contributed by atoms with van der Waals surface area (Å²) >= 11 is 0. The van der Waals surface area contributed by atoms with E-state index in [0.717, 1.165) is 26.2 Å². The zero-order chi connectivity index (χ0) is 14.8. The summed E-state index contributed by atoms with van der Waals surface area (Å²) < 4.78 is 0. The molecule has 1 saturated heterocycles. The van der Waals surface area contributed by atoms with E-state index in [1.807, 2.05) is 25.7 Å². The minimum atomic E-state index is -0.129. The van der Waals surface area contributed by atoms with E-state index in [9.17, 15) is 4.79 Å². The van der Waals surface area contributed by atoms with Gasteiger partial charge in [-0.1, -0.05) is 0 Å². The van der Waals surface area contributed by atoms with Gasteiger partial charge in [0.25, 0.3) is 5.91 Å². The summed E-state index contributed by atoms with van der Waals surface area (Å²) in [6.45, 7) is 9.42. The first-order valence-electron chi connectivity index (χ1n) is 6.94. The second kappa shape index (κ2) is 5.75. The molecule has 0 bridgehead atoms. The lowest BCUT2D eigenvalue weighted by molar-refractivity contribution is 0.0658. The predicted molar refractivity (Wildman–Crippen MR) is 78.8 cm³/mol. The van der Waals surface area contributed by atoms with Gasteiger partial charge in [0.05, 0.1) is 0 Å². The Morgan fingerprint density at radius 1 is 1.25 bits per heavy atom. The fraction of sp³-hybridized carbons (Fsp3) is 0.643. The monoisotopic (exact) mass is 277 g/mol. The van der Waals surface area contributed by atoms with Gasteiger partial charge in [-0.05, 0) is 33.9 Å². The van der Waals surface area contributed by atoms with Crippen molar-refractivity contribution in [1.82, 2.24) is 19.8 Å². The molecule has 1 N–H and O–H groups in total. The molecule has 1 amide bonds. The molecule has 0 spiro atoms. The number of nitrogens with one attached hydrogen (secondary N) is 1. The van der Waals surface area contributed by atoms with Crippen molar-refractivity contribution in [3.05, 3.63) is 18.0 Å². The molecule has 2 heterocycles. The maximum Gasteiger partial charge on any atom is 0.272 e. The Labute approximate surface area is 120 Å². The average molecular weight is 277 g/mol. The maximum atomic E-state index is 12.4. The summed E-state index contributed by atoms with van der Waals surface area (Å²) in [4.78, 5) is 25.0. The van der Waals surface area contributed by atoms with E-state index in [2.05, 4.69) is 27.2 Å². The van der Waals surface area contributed by atoms with E-state index in [1.54, 1.807) is 12.3 Å². The number of rotatable bonds is 2. The van der Waals surface area contributed by atoms with Crippen molar-refractivity contribution in [2.24, 2.45) is 0 Å². The molecule has 6 nitrogen and oxygen atoms in total. The van der Waals surface area contributed by atoms with Crippen LogP contribution in [0.5, 0.6) is 0 Å². The first kappa shape index (κ1) is 14.7. The van der Waals surface area contributed by atoms with Gasteiger partial charge >= 0.3 is 0 Å². The third-order valence-corrected chi connectivity index (χ3v) is 3.15. The average Bonchev–Trinajstić information content (AvgIpc) is 2.37. The van der Waals surface area contributed by atoms with Crippen LogP contribution < -0.4 is 5.32 Å². The molecule has 0 radical (unpaired) electrons. The van der Waals surface area contributed by atoms with E-state index < -0.39 is 0 Å². The molecule has 1 fully saturated rings. The number of aromatic nitrogens is 2. The highest BCUT2D eigenvalue weighted by molar-refractivity contribution is 5.92. The summed E-state index contributed by atoms with van der Waals surface area (Å²) in [6.07, 6.45) is 1.63. The van der Waals surface area contributed by atoms with Gasteiger partial charge in [-0.2, -0.15) is 0 Å². The predicted octanol–water partition coefficient (Wildman–Crippen LogP) is 1.07. The maximum absolute atomic E-state index is 12.4. The Bertz CT molecular complexity index is 475. The van der Waals surface area contributed by atoms with Crippen LogP contribution in [-0.2, 0) is 0 Å². The molecule has 1 aromatic rings. The molecule has 20 heavy (non-hydrogen) atoms. The van der Waals surface area contributed by atoms with Crippen molar-refractivity contribution in [3.8, 4) is 0 Å². The summed E-state index contributed by atoms with van der Waals surface area (Å²) in [5.41, 5.74) is 0.325. The van der Waals surface area contributed by atoms with Gasteiger partial charge in [-0.3, -0.25) is 4.79 Å². The Balaban J connectivity index is 2.08. The lowest BCUT2D eigenvalue weighted by Gasteiger charge is -2.32. The SMILES string of the molecule is CN1CCN(C(=O)c2ccnc(NC(C)(C)C)n2)CC1. The molecule has 0 unspecified atom stereocenters. The number of anilines is 1. The van der Waals surface area contributed by atoms with E-state index in [-0.39, 0.29) is 11.4 Å². The second-order valence-corrected chi connectivity index (χ2v) is 6.24. The van der Waals surface area contributed by atoms with Crippen LogP contribution in [0.4, 0.5) is 5.95 Å². The number of nitrogens with zero attached hydrogens (tertiary/aromatic N) is 4. The lowest BCUT2D eigenvalue weighted by Crippen LogP contribution is -2.47. The molecule has 2 rings (SSSR count). The lowest BCUT2D eigenvalue weighted by atomic mass is 10.1. The quantitative estimate of drug-likeness (QED) is 0.876. The van der Waals surface area contributed by atoms with Crippen LogP contribution in [0.2, 0.25) is 0 Å². The van der Waals surface area contributed by atoms with Crippen LogP contribution in [0.3, 0.4) is 0 Å². The molecular formula is C14H23N5O. The van der Waals surface area contributed by atoms with Crippen LogP contribution in [0.15, 0.2) is 12.3 Å². The first-order chi connectivity index (χ1) is 9.35. The fourth-order valence-electron chi connectivity index (χ4n) is 2.04. The molecular weight excluding hydrogens is 254 g/mol. The number of amides is 1. The van der Waals surface area contributed by atoms with Crippen LogP contribution in [-0.4, -0.2) is 64.4 Å². The zero-order valence-electron chi connectivity index (χ0n) is 12.7. The number of piperazine rings is 1. The minimum Gasteiger partial charge on any atom is -0.350 e. The molecule has 0 aliphatic carbocycles. The smallest absolute Gasteiger partial charge is 0.272 e. The highest BCUT2D eigenvalue weighted by Crippen LogP contribution is 2.11. The highest BCUT2D eigenvalue weighted by Gasteiger charge is 2.22. The number of hydrogen-bond donors (Lipinski definition) is 1. The van der Waals surface area contributed by atoms with E-state index in [1.165, 1.54) is 0 Å². The number of likely N-dealkylation sites (N-methyl/N-ethyl adjacent to an activating group) is 1. The summed E-state index contributed by atoms with van der Waals surface area (Å²) in [7, 11) is 2.07. The van der Waals surface area contributed by atoms with E-state index in [4.69, 9.17) is 0 Å². The van der Waals surface area contributed by atoms with Gasteiger partial charge in [-0.15, -0.1) is 0 Å². The van der Waals surface area contributed by atoms with Crippen molar-refractivity contribution in [2.75, 3.05) is 38.5 Å². The Hall–Kier alpha value is -1.69. The number of hydrogen-bond acceptors (Lipinski definition) is 5. The van der Waals surface area contributed by atoms with E-state index >= 15 is 0 Å². The fourth-order valence-corrected chi connectivity index (χ4v) is 2.04. The highest BCUT2D eigenvalue weighted by atomic mass is 16.2. The van der Waals surface area contributed by atoms with Gasteiger partial charge in [-0.25, -0.2) is 9.97 Å². The Morgan fingerprint density at radius 3 is 2.50 bits per heavy atom. The van der Waals surface area contributed by atoms with Gasteiger partial charge < -0.3 is 15.1 Å². The van der Waals surface area contributed by atoms with Crippen molar-refractivity contribution >= 4 is 11.9 Å². The Kier molecular flexibility index (Phi) is 4.23. The van der Waals surface area contributed by atoms with Gasteiger partial charge in [0.2, 0.25) is 5.95 Å². The van der Waals surface area contributed by atoms with Gasteiger partial charge in [0, 0.05) is 37.9 Å². The molecule has 0 saturated carbocycles. The molecule has 110 valence electrons. The third-order valence-electron chi connectivity index (χ3n) is 3.15. The van der Waals surface area contributed by atoms with Crippen LogP contribution in [0, 0.1) is 0 Å². The number of carbonyl (C=O) groups excluding carboxylic acids is 1. The molecule has 6 heteroatoms. The van der Waals surface area contributed by atoms with Gasteiger partial charge in [0.15, 0.2) is 0 Å². The first-order valence-corrected chi connectivity index (χ1v) is 6.94. The van der Waals surface area contributed by atoms with Crippen LogP contribution in [0.1, 0.15) is 31.3 Å². The Morgan fingerprint density at radius 2 is 1.90 bits per heavy atom. The molecule has 0 aromatic carbocycles. The van der Waals surface area contributed by atoms with Crippen LogP contribution >= 0.6 is 0 Å². The summed E-state index contributed by atoms with van der Waals surface area (Å²) in [5, 5.41) is 3.19. The molecule has 1 aromatic heterocycles. The largest absolute Gasteiger partial charge is 0.350 e. The van der Waals surface area contributed by atoms with Crippen molar-refractivity contribution in [1.29, 1.82) is 0 Å². The van der Waals surface area contributed by atoms with E-state index in [0.29, 0.717) is 11.6 Å². The zero-order valence-corrected chi connectivity index (χ0v) is 12.7. The topological polar surface area (TPSA) is 61.4 Å². The minimum absolute atomic E-state index is 0.0162.